The van der Waals surface area contributed by atoms with Gasteiger partial charge in [-0.15, -0.1) is 0 Å². The van der Waals surface area contributed by atoms with Crippen LogP contribution in [0.5, 0.6) is 0 Å². The van der Waals surface area contributed by atoms with Crippen molar-refractivity contribution in [3.05, 3.63) is 0 Å². The molecule has 1 fully saturated rings. The van der Waals surface area contributed by atoms with Crippen molar-refractivity contribution in [3.63, 3.8) is 0 Å². The Labute approximate surface area is 99.9 Å². The molecule has 1 saturated carbocycles. The molecule has 0 aliphatic heterocycles. The van der Waals surface area contributed by atoms with Crippen molar-refractivity contribution in [1.82, 2.24) is 5.32 Å². The van der Waals surface area contributed by atoms with E-state index in [4.69, 9.17) is 9.47 Å². The van der Waals surface area contributed by atoms with Crippen molar-refractivity contribution in [2.45, 2.75) is 51.2 Å². The van der Waals surface area contributed by atoms with Crippen LogP contribution in [0.1, 0.15) is 39.5 Å². The first kappa shape index (κ1) is 13.9. The van der Waals surface area contributed by atoms with Gasteiger partial charge in [-0.25, -0.2) is 0 Å². The fourth-order valence-corrected chi connectivity index (χ4v) is 2.76. The zero-order valence-corrected chi connectivity index (χ0v) is 11.2. The minimum absolute atomic E-state index is 0.0865. The van der Waals surface area contributed by atoms with Gasteiger partial charge in [0, 0.05) is 26.9 Å². The minimum Gasteiger partial charge on any atom is -0.385 e. The Bertz CT molecular complexity index is 187. The Hall–Kier alpha value is -0.120. The summed E-state index contributed by atoms with van der Waals surface area (Å²) in [6.45, 7) is 6.31. The van der Waals surface area contributed by atoms with Crippen LogP contribution in [0.2, 0.25) is 0 Å². The first-order valence-electron chi connectivity index (χ1n) is 6.47. The summed E-state index contributed by atoms with van der Waals surface area (Å²) in [6.07, 6.45) is 4.78. The average molecular weight is 229 g/mol. The molecule has 1 rings (SSSR count). The van der Waals surface area contributed by atoms with Crippen LogP contribution in [0, 0.1) is 5.92 Å². The highest BCUT2D eigenvalue weighted by Gasteiger charge is 2.45. The molecule has 0 aromatic heterocycles. The summed E-state index contributed by atoms with van der Waals surface area (Å²) >= 11 is 0. The Morgan fingerprint density at radius 3 is 2.38 bits per heavy atom. The number of methoxy groups -OCH3 is 2. The summed E-state index contributed by atoms with van der Waals surface area (Å²) in [7, 11) is 3.62. The van der Waals surface area contributed by atoms with Crippen LogP contribution in [0.15, 0.2) is 0 Å². The van der Waals surface area contributed by atoms with Crippen molar-refractivity contribution in [2.75, 3.05) is 27.4 Å². The van der Waals surface area contributed by atoms with Gasteiger partial charge in [-0.3, -0.25) is 0 Å². The maximum atomic E-state index is 5.79. The molecule has 96 valence electrons. The summed E-state index contributed by atoms with van der Waals surface area (Å²) in [5, 5.41) is 3.60. The first-order valence-corrected chi connectivity index (χ1v) is 6.47. The highest BCUT2D eigenvalue weighted by molar-refractivity contribution is 5.01. The molecule has 0 spiro atoms. The summed E-state index contributed by atoms with van der Waals surface area (Å²) in [5.41, 5.74) is 0.0865. The lowest BCUT2D eigenvalue weighted by atomic mass is 9.70. The fourth-order valence-electron chi connectivity index (χ4n) is 2.76. The number of hydrogen-bond acceptors (Lipinski definition) is 3. The van der Waals surface area contributed by atoms with Crippen molar-refractivity contribution in [2.24, 2.45) is 5.92 Å². The molecule has 0 aromatic carbocycles. The molecule has 0 saturated heterocycles. The van der Waals surface area contributed by atoms with E-state index in [1.54, 1.807) is 7.11 Å². The van der Waals surface area contributed by atoms with Gasteiger partial charge in [-0.05, 0) is 38.1 Å². The molecule has 1 aliphatic carbocycles. The molecule has 1 aliphatic rings. The van der Waals surface area contributed by atoms with E-state index in [-0.39, 0.29) is 5.60 Å². The van der Waals surface area contributed by atoms with Gasteiger partial charge in [0.1, 0.15) is 0 Å². The highest BCUT2D eigenvalue weighted by Crippen LogP contribution is 2.41. The highest BCUT2D eigenvalue weighted by atomic mass is 16.5. The van der Waals surface area contributed by atoms with Crippen LogP contribution in [0.25, 0.3) is 0 Å². The molecule has 3 nitrogen and oxygen atoms in total. The lowest BCUT2D eigenvalue weighted by Gasteiger charge is -2.49. The van der Waals surface area contributed by atoms with Gasteiger partial charge in [-0.2, -0.15) is 0 Å². The van der Waals surface area contributed by atoms with Crippen molar-refractivity contribution < 1.29 is 9.47 Å². The maximum absolute atomic E-state index is 5.79. The molecule has 16 heavy (non-hydrogen) atoms. The molecule has 0 amide bonds. The van der Waals surface area contributed by atoms with Gasteiger partial charge >= 0.3 is 0 Å². The monoisotopic (exact) mass is 229 g/mol. The maximum Gasteiger partial charge on any atom is 0.0833 e. The minimum atomic E-state index is 0.0865. The normalized spacial score (nSPS) is 22.5. The van der Waals surface area contributed by atoms with E-state index in [1.807, 2.05) is 7.11 Å². The zero-order valence-electron chi connectivity index (χ0n) is 11.2. The molecular formula is C13H27NO2. The summed E-state index contributed by atoms with van der Waals surface area (Å²) in [4.78, 5) is 0. The van der Waals surface area contributed by atoms with E-state index >= 15 is 0 Å². The summed E-state index contributed by atoms with van der Waals surface area (Å²) in [6, 6.07) is 0.464. The SMILES string of the molecule is CCNC(C(C)CCOC)C1(OC)CCC1. The fraction of sp³-hybridized carbons (Fsp3) is 1.00. The standard InChI is InChI=1S/C13H27NO2/c1-5-14-12(11(2)7-10-15-3)13(16-4)8-6-9-13/h11-12,14H,5-10H2,1-4H3. The lowest BCUT2D eigenvalue weighted by Crippen LogP contribution is -2.59. The average Bonchev–Trinajstić information content (AvgIpc) is 2.24. The van der Waals surface area contributed by atoms with Crippen LogP contribution in [0.4, 0.5) is 0 Å². The van der Waals surface area contributed by atoms with Gasteiger partial charge in [0.15, 0.2) is 0 Å². The number of nitrogens with one attached hydrogen (secondary N) is 1. The number of ether oxygens (including phenoxy) is 2. The number of likely N-dealkylation sites (N-methyl/N-ethyl adjacent to an activating group) is 1. The summed E-state index contributed by atoms with van der Waals surface area (Å²) in [5.74, 6) is 0.597. The van der Waals surface area contributed by atoms with E-state index in [9.17, 15) is 0 Å². The Morgan fingerprint density at radius 1 is 1.31 bits per heavy atom. The molecule has 1 N–H and O–H groups in total. The van der Waals surface area contributed by atoms with Crippen molar-refractivity contribution >= 4 is 0 Å². The molecule has 0 radical (unpaired) electrons. The summed E-state index contributed by atoms with van der Waals surface area (Å²) < 4.78 is 11.0. The Morgan fingerprint density at radius 2 is 2.00 bits per heavy atom. The topological polar surface area (TPSA) is 30.5 Å². The van der Waals surface area contributed by atoms with Gasteiger partial charge < -0.3 is 14.8 Å². The number of rotatable bonds is 8. The van der Waals surface area contributed by atoms with E-state index in [1.165, 1.54) is 19.3 Å². The van der Waals surface area contributed by atoms with Crippen molar-refractivity contribution in [1.29, 1.82) is 0 Å². The van der Waals surface area contributed by atoms with Crippen LogP contribution in [-0.4, -0.2) is 39.0 Å². The third-order valence-electron chi connectivity index (χ3n) is 3.94. The molecule has 3 heteroatoms. The van der Waals surface area contributed by atoms with E-state index in [0.717, 1.165) is 19.6 Å². The largest absolute Gasteiger partial charge is 0.385 e. The first-order chi connectivity index (χ1) is 7.70. The molecular weight excluding hydrogens is 202 g/mol. The predicted octanol–water partition coefficient (Wildman–Crippen LogP) is 2.21. The molecule has 2 unspecified atom stereocenters. The molecule has 0 bridgehead atoms. The molecule has 0 aromatic rings. The van der Waals surface area contributed by atoms with Gasteiger partial charge in [0.05, 0.1) is 5.60 Å². The zero-order chi connectivity index (χ0) is 12.0. The van der Waals surface area contributed by atoms with Crippen LogP contribution < -0.4 is 5.32 Å². The van der Waals surface area contributed by atoms with Crippen LogP contribution in [-0.2, 0) is 9.47 Å². The smallest absolute Gasteiger partial charge is 0.0833 e. The van der Waals surface area contributed by atoms with Gasteiger partial charge in [0.2, 0.25) is 0 Å². The Balaban J connectivity index is 2.57. The van der Waals surface area contributed by atoms with E-state index in [2.05, 4.69) is 19.2 Å². The van der Waals surface area contributed by atoms with Crippen LogP contribution in [0.3, 0.4) is 0 Å². The van der Waals surface area contributed by atoms with Gasteiger partial charge in [-0.1, -0.05) is 13.8 Å². The van der Waals surface area contributed by atoms with Crippen LogP contribution >= 0.6 is 0 Å². The second-order valence-electron chi connectivity index (χ2n) is 4.92. The third kappa shape index (κ3) is 2.96. The van der Waals surface area contributed by atoms with Gasteiger partial charge in [0.25, 0.3) is 0 Å². The quantitative estimate of drug-likeness (QED) is 0.692. The second-order valence-corrected chi connectivity index (χ2v) is 4.92. The van der Waals surface area contributed by atoms with E-state index in [0.29, 0.717) is 12.0 Å². The van der Waals surface area contributed by atoms with E-state index < -0.39 is 0 Å². The third-order valence-corrected chi connectivity index (χ3v) is 3.94. The van der Waals surface area contributed by atoms with Crippen molar-refractivity contribution in [3.8, 4) is 0 Å². The molecule has 0 heterocycles. The number of hydrogen-bond donors (Lipinski definition) is 1. The lowest BCUT2D eigenvalue weighted by molar-refractivity contribution is -0.111. The molecule has 2 atom stereocenters. The Kier molecular flexibility index (Phi) is 5.73. The second kappa shape index (κ2) is 6.58. The predicted molar refractivity (Wildman–Crippen MR) is 66.7 cm³/mol.